The summed E-state index contributed by atoms with van der Waals surface area (Å²) in [7, 11) is -3.50. The number of aryl methyl sites for hydroxylation is 1. The highest BCUT2D eigenvalue weighted by molar-refractivity contribution is 7.89. The van der Waals surface area contributed by atoms with Gasteiger partial charge in [0.1, 0.15) is 0 Å². The van der Waals surface area contributed by atoms with Gasteiger partial charge in [0, 0.05) is 13.0 Å². The van der Waals surface area contributed by atoms with E-state index in [0.29, 0.717) is 41.5 Å². The molecule has 4 atom stereocenters. The van der Waals surface area contributed by atoms with E-state index in [-0.39, 0.29) is 6.42 Å². The molecule has 0 aromatic heterocycles. The average molecular weight is 392 g/mol. The standard InChI is InChI=1S/C21H29NO4S/c1-15-7-5-6-9-20(15)27(25,26)22-14-19-17-12-11-16(13-17)18(19)8-3-2-4-10-21(23)24/h3,5-9,16-19,22H,2,4,10-14H2,1H3,(H,23,24)/b8-3-/t16-,17+,18-,19-/m0/s1. The Bertz CT molecular complexity index is 802. The van der Waals surface area contributed by atoms with Crippen molar-refractivity contribution in [1.82, 2.24) is 4.72 Å². The summed E-state index contributed by atoms with van der Waals surface area (Å²) in [4.78, 5) is 11.0. The first-order chi connectivity index (χ1) is 12.9. The van der Waals surface area contributed by atoms with Gasteiger partial charge in [-0.1, -0.05) is 30.4 Å². The van der Waals surface area contributed by atoms with Gasteiger partial charge in [0.25, 0.3) is 0 Å². The lowest BCUT2D eigenvalue weighted by atomic mass is 9.79. The molecule has 1 aromatic rings. The zero-order valence-corrected chi connectivity index (χ0v) is 16.6. The summed E-state index contributed by atoms with van der Waals surface area (Å²) in [5.74, 6) is 1.19. The number of carboxylic acid groups (broad SMARTS) is 1. The maximum Gasteiger partial charge on any atom is 0.303 e. The highest BCUT2D eigenvalue weighted by Gasteiger charge is 2.46. The van der Waals surface area contributed by atoms with Crippen LogP contribution in [0.1, 0.15) is 44.1 Å². The number of carbonyl (C=O) groups is 1. The molecule has 148 valence electrons. The fourth-order valence-electron chi connectivity index (χ4n) is 4.82. The molecule has 0 spiro atoms. The number of nitrogens with one attached hydrogen (secondary N) is 1. The molecule has 3 rings (SSSR count). The first-order valence-corrected chi connectivity index (χ1v) is 11.3. The van der Waals surface area contributed by atoms with E-state index in [1.54, 1.807) is 12.1 Å². The normalized spacial score (nSPS) is 27.4. The molecule has 2 aliphatic carbocycles. The predicted octanol–water partition coefficient (Wildman–Crippen LogP) is 3.75. The Labute approximate surface area is 161 Å². The summed E-state index contributed by atoms with van der Waals surface area (Å²) < 4.78 is 28.3. The van der Waals surface area contributed by atoms with E-state index < -0.39 is 16.0 Å². The minimum atomic E-state index is -3.50. The average Bonchev–Trinajstić information content (AvgIpc) is 3.21. The summed E-state index contributed by atoms with van der Waals surface area (Å²) in [6.45, 7) is 2.29. The van der Waals surface area contributed by atoms with Gasteiger partial charge in [-0.25, -0.2) is 13.1 Å². The molecule has 2 aliphatic rings. The van der Waals surface area contributed by atoms with Crippen LogP contribution in [0.25, 0.3) is 0 Å². The molecule has 27 heavy (non-hydrogen) atoms. The first-order valence-electron chi connectivity index (χ1n) is 9.82. The number of fused-ring (bicyclic) bond motifs is 2. The van der Waals surface area contributed by atoms with Crippen LogP contribution in [0.2, 0.25) is 0 Å². The van der Waals surface area contributed by atoms with Crippen molar-refractivity contribution in [3.63, 3.8) is 0 Å². The zero-order valence-electron chi connectivity index (χ0n) is 15.8. The molecule has 0 heterocycles. The molecule has 2 N–H and O–H groups in total. The second-order valence-corrected chi connectivity index (χ2v) is 9.64. The number of aliphatic carboxylic acids is 1. The van der Waals surface area contributed by atoms with Crippen molar-refractivity contribution in [1.29, 1.82) is 0 Å². The number of benzene rings is 1. The smallest absolute Gasteiger partial charge is 0.303 e. The lowest BCUT2D eigenvalue weighted by Crippen LogP contribution is -2.35. The Morgan fingerprint density at radius 2 is 2.00 bits per heavy atom. The Balaban J connectivity index is 1.61. The van der Waals surface area contributed by atoms with Crippen molar-refractivity contribution in [2.75, 3.05) is 6.54 Å². The van der Waals surface area contributed by atoms with E-state index in [0.717, 1.165) is 12.0 Å². The molecule has 0 unspecified atom stereocenters. The predicted molar refractivity (Wildman–Crippen MR) is 105 cm³/mol. The van der Waals surface area contributed by atoms with E-state index in [9.17, 15) is 13.2 Å². The van der Waals surface area contributed by atoms with Gasteiger partial charge in [-0.05, 0) is 74.3 Å². The third-order valence-corrected chi connectivity index (χ3v) is 7.75. The van der Waals surface area contributed by atoms with Gasteiger partial charge in [-0.3, -0.25) is 4.79 Å². The lowest BCUT2D eigenvalue weighted by molar-refractivity contribution is -0.137. The molecule has 0 amide bonds. The molecule has 2 fully saturated rings. The van der Waals surface area contributed by atoms with E-state index in [1.807, 2.05) is 19.1 Å². The van der Waals surface area contributed by atoms with Crippen molar-refractivity contribution in [2.24, 2.45) is 23.7 Å². The van der Waals surface area contributed by atoms with Crippen LogP contribution in [0.4, 0.5) is 0 Å². The molecule has 1 aromatic carbocycles. The Kier molecular flexibility index (Phi) is 6.37. The van der Waals surface area contributed by atoms with Crippen molar-refractivity contribution in [3.8, 4) is 0 Å². The van der Waals surface area contributed by atoms with Gasteiger partial charge < -0.3 is 5.11 Å². The minimum absolute atomic E-state index is 0.195. The van der Waals surface area contributed by atoms with E-state index >= 15 is 0 Å². The van der Waals surface area contributed by atoms with Crippen LogP contribution in [0.5, 0.6) is 0 Å². The third-order valence-electron chi connectivity index (χ3n) is 6.17. The van der Waals surface area contributed by atoms with Gasteiger partial charge in [0.15, 0.2) is 0 Å². The van der Waals surface area contributed by atoms with Gasteiger partial charge in [-0.15, -0.1) is 0 Å². The van der Waals surface area contributed by atoms with Crippen LogP contribution in [0, 0.1) is 30.6 Å². The molecule has 2 bridgehead atoms. The Hall–Kier alpha value is -1.66. The maximum absolute atomic E-state index is 12.7. The fourth-order valence-corrected chi connectivity index (χ4v) is 6.14. The summed E-state index contributed by atoms with van der Waals surface area (Å²) in [5, 5.41) is 8.72. The highest BCUT2D eigenvalue weighted by atomic mass is 32.2. The second-order valence-electron chi connectivity index (χ2n) is 7.91. The quantitative estimate of drug-likeness (QED) is 0.496. The zero-order chi connectivity index (χ0) is 19.4. The maximum atomic E-state index is 12.7. The lowest BCUT2D eigenvalue weighted by Gasteiger charge is -2.29. The van der Waals surface area contributed by atoms with Gasteiger partial charge in [0.05, 0.1) is 4.90 Å². The monoisotopic (exact) mass is 391 g/mol. The number of carboxylic acids is 1. The number of allylic oxidation sites excluding steroid dienone is 2. The number of sulfonamides is 1. The largest absolute Gasteiger partial charge is 0.481 e. The Morgan fingerprint density at radius 1 is 1.26 bits per heavy atom. The van der Waals surface area contributed by atoms with Crippen LogP contribution in [0.15, 0.2) is 41.3 Å². The highest BCUT2D eigenvalue weighted by Crippen LogP contribution is 2.52. The molecule has 0 radical (unpaired) electrons. The van der Waals surface area contributed by atoms with Crippen LogP contribution in [-0.4, -0.2) is 26.0 Å². The van der Waals surface area contributed by atoms with E-state index in [4.69, 9.17) is 5.11 Å². The number of rotatable bonds is 9. The summed E-state index contributed by atoms with van der Waals surface area (Å²) in [6.07, 6.45) is 9.51. The van der Waals surface area contributed by atoms with Gasteiger partial charge >= 0.3 is 5.97 Å². The van der Waals surface area contributed by atoms with Crippen molar-refractivity contribution in [3.05, 3.63) is 42.0 Å². The van der Waals surface area contributed by atoms with E-state index in [2.05, 4.69) is 16.9 Å². The first kappa shape index (κ1) is 20.1. The van der Waals surface area contributed by atoms with Crippen LogP contribution >= 0.6 is 0 Å². The van der Waals surface area contributed by atoms with Crippen LogP contribution < -0.4 is 4.72 Å². The number of unbranched alkanes of at least 4 members (excludes halogenated alkanes) is 1. The fraction of sp³-hybridized carbons (Fsp3) is 0.571. The summed E-state index contributed by atoms with van der Waals surface area (Å²) >= 11 is 0. The van der Waals surface area contributed by atoms with Crippen molar-refractivity contribution in [2.45, 2.75) is 50.3 Å². The number of hydrogen-bond acceptors (Lipinski definition) is 3. The molecule has 2 saturated carbocycles. The molecule has 5 nitrogen and oxygen atoms in total. The Morgan fingerprint density at radius 3 is 2.74 bits per heavy atom. The van der Waals surface area contributed by atoms with E-state index in [1.165, 1.54) is 19.3 Å². The molecule has 0 aliphatic heterocycles. The number of hydrogen-bond donors (Lipinski definition) is 2. The van der Waals surface area contributed by atoms with Gasteiger partial charge in [-0.2, -0.15) is 0 Å². The molecule has 6 heteroatoms. The topological polar surface area (TPSA) is 83.5 Å². The van der Waals surface area contributed by atoms with Crippen LogP contribution in [-0.2, 0) is 14.8 Å². The van der Waals surface area contributed by atoms with Crippen molar-refractivity contribution >= 4 is 16.0 Å². The van der Waals surface area contributed by atoms with Gasteiger partial charge in [0.2, 0.25) is 10.0 Å². The SMILES string of the molecule is Cc1ccccc1S(=O)(=O)NC[C@H]1[C@@H]2CC[C@@H](C2)[C@@H]1/C=C\CCCC(=O)O. The molecule has 0 saturated heterocycles. The van der Waals surface area contributed by atoms with Crippen LogP contribution in [0.3, 0.4) is 0 Å². The third kappa shape index (κ3) is 4.79. The summed E-state index contributed by atoms with van der Waals surface area (Å²) in [5.41, 5.74) is 0.757. The minimum Gasteiger partial charge on any atom is -0.481 e. The molecular weight excluding hydrogens is 362 g/mol. The summed E-state index contributed by atoms with van der Waals surface area (Å²) in [6, 6.07) is 7.06. The molecular formula is C21H29NO4S. The van der Waals surface area contributed by atoms with Crippen molar-refractivity contribution < 1.29 is 18.3 Å². The second kappa shape index (κ2) is 8.57.